The van der Waals surface area contributed by atoms with Crippen LogP contribution >= 0.6 is 0 Å². The van der Waals surface area contributed by atoms with Crippen LogP contribution in [0.1, 0.15) is 36.0 Å². The molecule has 1 aromatic rings. The van der Waals surface area contributed by atoms with Gasteiger partial charge in [-0.2, -0.15) is 0 Å². The summed E-state index contributed by atoms with van der Waals surface area (Å²) in [4.78, 5) is 29.5. The number of hydrogen-bond acceptors (Lipinski definition) is 3. The molecule has 0 aromatic carbocycles. The van der Waals surface area contributed by atoms with E-state index in [1.807, 2.05) is 4.90 Å². The molecule has 1 saturated heterocycles. The number of carbonyl (C=O) groups is 2. The molecule has 1 saturated carbocycles. The molecule has 2 heterocycles. The minimum absolute atomic E-state index is 0.00619. The van der Waals surface area contributed by atoms with E-state index in [0.717, 1.165) is 31.9 Å². The summed E-state index contributed by atoms with van der Waals surface area (Å²) in [5.41, 5.74) is 0.0153. The summed E-state index contributed by atoms with van der Waals surface area (Å²) in [6, 6.07) is 1.37. The average Bonchev–Trinajstić information content (AvgIpc) is 3.32. The molecule has 1 N–H and O–H groups in total. The van der Waals surface area contributed by atoms with Crippen molar-refractivity contribution in [2.45, 2.75) is 31.7 Å². The van der Waals surface area contributed by atoms with Gasteiger partial charge in [0, 0.05) is 31.2 Å². The first-order valence-corrected chi connectivity index (χ1v) is 7.34. The van der Waals surface area contributed by atoms with Gasteiger partial charge in [-0.1, -0.05) is 0 Å². The van der Waals surface area contributed by atoms with Gasteiger partial charge in [-0.25, -0.2) is 4.39 Å². The zero-order valence-electron chi connectivity index (χ0n) is 11.7. The van der Waals surface area contributed by atoms with Gasteiger partial charge in [0.1, 0.15) is 0 Å². The lowest BCUT2D eigenvalue weighted by atomic mass is 10.0. The van der Waals surface area contributed by atoms with Gasteiger partial charge in [-0.05, 0) is 31.7 Å². The van der Waals surface area contributed by atoms with Gasteiger partial charge in [0.2, 0.25) is 5.91 Å². The number of halogens is 1. The summed E-state index contributed by atoms with van der Waals surface area (Å²) in [7, 11) is 0. The largest absolute Gasteiger partial charge is 0.349 e. The molecule has 3 rings (SSSR count). The van der Waals surface area contributed by atoms with Gasteiger partial charge in [0.15, 0.2) is 5.82 Å². The van der Waals surface area contributed by atoms with Crippen LogP contribution in [0.3, 0.4) is 0 Å². The van der Waals surface area contributed by atoms with Crippen molar-refractivity contribution in [3.05, 3.63) is 29.8 Å². The molecule has 0 atom stereocenters. The number of nitrogens with one attached hydrogen (secondary N) is 1. The molecule has 1 aliphatic heterocycles. The molecule has 0 unspecified atom stereocenters. The lowest BCUT2D eigenvalue weighted by Gasteiger charge is -2.32. The molecule has 2 aliphatic rings. The van der Waals surface area contributed by atoms with Crippen molar-refractivity contribution in [1.82, 2.24) is 15.2 Å². The van der Waals surface area contributed by atoms with Crippen molar-refractivity contribution >= 4 is 11.8 Å². The zero-order valence-corrected chi connectivity index (χ0v) is 11.7. The normalized spacial score (nSPS) is 19.4. The highest BCUT2D eigenvalue weighted by Gasteiger charge is 2.35. The summed E-state index contributed by atoms with van der Waals surface area (Å²) in [5.74, 6) is -0.541. The van der Waals surface area contributed by atoms with Crippen molar-refractivity contribution in [3.8, 4) is 0 Å². The number of amides is 2. The smallest absolute Gasteiger partial charge is 0.254 e. The van der Waals surface area contributed by atoms with E-state index in [0.29, 0.717) is 13.1 Å². The van der Waals surface area contributed by atoms with Crippen molar-refractivity contribution < 1.29 is 14.0 Å². The van der Waals surface area contributed by atoms with E-state index in [9.17, 15) is 14.0 Å². The van der Waals surface area contributed by atoms with Gasteiger partial charge in [-0.15, -0.1) is 0 Å². The molecule has 21 heavy (non-hydrogen) atoms. The van der Waals surface area contributed by atoms with Crippen molar-refractivity contribution in [1.29, 1.82) is 0 Å². The average molecular weight is 291 g/mol. The second kappa shape index (κ2) is 5.79. The van der Waals surface area contributed by atoms with E-state index in [4.69, 9.17) is 0 Å². The summed E-state index contributed by atoms with van der Waals surface area (Å²) < 4.78 is 13.5. The maximum atomic E-state index is 13.5. The van der Waals surface area contributed by atoms with Crippen molar-refractivity contribution in [2.24, 2.45) is 5.92 Å². The SMILES string of the molecule is O=C(NC1CCN(C(=O)C2CC2)CC1)c1ccncc1F. The standard InChI is InChI=1S/C15H18FN3O2/c16-13-9-17-6-3-12(13)14(20)18-11-4-7-19(8-5-11)15(21)10-1-2-10/h3,6,9-11H,1-2,4-5,7-8H2,(H,18,20). The number of carbonyl (C=O) groups excluding carboxylic acids is 2. The maximum absolute atomic E-state index is 13.5. The Kier molecular flexibility index (Phi) is 3.86. The van der Waals surface area contributed by atoms with E-state index < -0.39 is 11.7 Å². The van der Waals surface area contributed by atoms with Crippen LogP contribution in [0.15, 0.2) is 18.5 Å². The minimum Gasteiger partial charge on any atom is -0.349 e. The molecule has 2 fully saturated rings. The second-order valence-electron chi connectivity index (χ2n) is 5.70. The fourth-order valence-electron chi connectivity index (χ4n) is 2.66. The van der Waals surface area contributed by atoms with Crippen LogP contribution < -0.4 is 5.32 Å². The Labute approximate surface area is 122 Å². The fourth-order valence-corrected chi connectivity index (χ4v) is 2.66. The molecule has 112 valence electrons. The third-order valence-corrected chi connectivity index (χ3v) is 4.09. The lowest BCUT2D eigenvalue weighted by Crippen LogP contribution is -2.47. The Morgan fingerprint density at radius 2 is 1.95 bits per heavy atom. The molecule has 5 nitrogen and oxygen atoms in total. The Morgan fingerprint density at radius 3 is 2.57 bits per heavy atom. The van der Waals surface area contributed by atoms with Crippen molar-refractivity contribution in [2.75, 3.05) is 13.1 Å². The molecule has 0 spiro atoms. The molecule has 0 radical (unpaired) electrons. The number of likely N-dealkylation sites (tertiary alicyclic amines) is 1. The molecule has 0 bridgehead atoms. The van der Waals surface area contributed by atoms with E-state index in [1.54, 1.807) is 0 Å². The number of aromatic nitrogens is 1. The summed E-state index contributed by atoms with van der Waals surface area (Å²) in [5, 5.41) is 2.84. The van der Waals surface area contributed by atoms with Crippen LogP contribution in [-0.4, -0.2) is 40.8 Å². The predicted molar refractivity (Wildman–Crippen MR) is 74.0 cm³/mol. The second-order valence-corrected chi connectivity index (χ2v) is 5.70. The first-order valence-electron chi connectivity index (χ1n) is 7.34. The van der Waals surface area contributed by atoms with E-state index in [2.05, 4.69) is 10.3 Å². The third-order valence-electron chi connectivity index (χ3n) is 4.09. The van der Waals surface area contributed by atoms with E-state index in [1.165, 1.54) is 12.3 Å². The highest BCUT2D eigenvalue weighted by atomic mass is 19.1. The number of piperidine rings is 1. The van der Waals surface area contributed by atoms with Crippen LogP contribution in [0.25, 0.3) is 0 Å². The molecule has 1 aromatic heterocycles. The van der Waals surface area contributed by atoms with Gasteiger partial charge >= 0.3 is 0 Å². The highest BCUT2D eigenvalue weighted by Crippen LogP contribution is 2.31. The fraction of sp³-hybridized carbons (Fsp3) is 0.533. The van der Waals surface area contributed by atoms with Crippen LogP contribution in [0.2, 0.25) is 0 Å². The zero-order chi connectivity index (χ0) is 14.8. The molecule has 2 amide bonds. The molecule has 1 aliphatic carbocycles. The topological polar surface area (TPSA) is 62.3 Å². The highest BCUT2D eigenvalue weighted by molar-refractivity contribution is 5.94. The Balaban J connectivity index is 1.52. The molecular formula is C15H18FN3O2. The number of pyridine rings is 1. The van der Waals surface area contributed by atoms with Crippen LogP contribution in [0.5, 0.6) is 0 Å². The Hall–Kier alpha value is -1.98. The summed E-state index contributed by atoms with van der Waals surface area (Å²) in [6.07, 6.45) is 5.89. The van der Waals surface area contributed by atoms with Gasteiger partial charge in [0.05, 0.1) is 11.8 Å². The Morgan fingerprint density at radius 1 is 1.24 bits per heavy atom. The van der Waals surface area contributed by atoms with Crippen LogP contribution in [0.4, 0.5) is 4.39 Å². The number of nitrogens with zero attached hydrogens (tertiary/aromatic N) is 2. The molecule has 6 heteroatoms. The van der Waals surface area contributed by atoms with E-state index >= 15 is 0 Å². The first-order chi connectivity index (χ1) is 10.1. The van der Waals surface area contributed by atoms with E-state index in [-0.39, 0.29) is 23.4 Å². The lowest BCUT2D eigenvalue weighted by molar-refractivity contribution is -0.133. The monoisotopic (exact) mass is 291 g/mol. The quantitative estimate of drug-likeness (QED) is 0.914. The van der Waals surface area contributed by atoms with Crippen LogP contribution in [0, 0.1) is 11.7 Å². The number of rotatable bonds is 3. The first kappa shape index (κ1) is 14.0. The van der Waals surface area contributed by atoms with Crippen molar-refractivity contribution in [3.63, 3.8) is 0 Å². The summed E-state index contributed by atoms with van der Waals surface area (Å²) in [6.45, 7) is 1.33. The predicted octanol–water partition coefficient (Wildman–Crippen LogP) is 1.35. The number of hydrogen-bond donors (Lipinski definition) is 1. The van der Waals surface area contributed by atoms with Gasteiger partial charge in [-0.3, -0.25) is 14.6 Å². The maximum Gasteiger partial charge on any atom is 0.254 e. The van der Waals surface area contributed by atoms with Crippen LogP contribution in [-0.2, 0) is 4.79 Å². The minimum atomic E-state index is -0.614. The van der Waals surface area contributed by atoms with Gasteiger partial charge in [0.25, 0.3) is 5.91 Å². The third kappa shape index (κ3) is 3.20. The molecular weight excluding hydrogens is 273 g/mol. The van der Waals surface area contributed by atoms with Gasteiger partial charge < -0.3 is 10.2 Å². The Bertz CT molecular complexity index is 552. The summed E-state index contributed by atoms with van der Waals surface area (Å²) >= 11 is 0.